The predicted molar refractivity (Wildman–Crippen MR) is 139 cm³/mol. The quantitative estimate of drug-likeness (QED) is 0.580. The highest BCUT2D eigenvalue weighted by Gasteiger charge is 2.41. The van der Waals surface area contributed by atoms with Gasteiger partial charge in [-0.15, -0.1) is 11.3 Å². The van der Waals surface area contributed by atoms with Crippen molar-refractivity contribution in [3.63, 3.8) is 0 Å². The van der Waals surface area contributed by atoms with Crippen LogP contribution in [0.2, 0.25) is 0 Å². The molecule has 3 aliphatic heterocycles. The Balaban J connectivity index is 1.12. The number of hydrogen-bond acceptors (Lipinski definition) is 7. The Morgan fingerprint density at radius 2 is 1.97 bits per heavy atom. The number of rotatable bonds is 6. The number of pyridine rings is 1. The largest absolute Gasteiger partial charge is 0.416 e. The Morgan fingerprint density at radius 1 is 1.15 bits per heavy atom. The first-order valence-electron chi connectivity index (χ1n) is 13.6. The first kappa shape index (κ1) is 26.9. The van der Waals surface area contributed by atoms with E-state index in [1.165, 1.54) is 15.0 Å². The van der Waals surface area contributed by atoms with Gasteiger partial charge in [0.25, 0.3) is 5.56 Å². The van der Waals surface area contributed by atoms with Gasteiger partial charge in [-0.25, -0.2) is 0 Å². The molecule has 4 aliphatic rings. The molecule has 212 valence electrons. The third-order valence-electron chi connectivity index (χ3n) is 8.37. The van der Waals surface area contributed by atoms with E-state index >= 15 is 0 Å². The summed E-state index contributed by atoms with van der Waals surface area (Å²) < 4.78 is 53.3. The number of aryl methyl sites for hydroxylation is 1. The van der Waals surface area contributed by atoms with Gasteiger partial charge in [-0.05, 0) is 48.8 Å². The topological polar surface area (TPSA) is 76.0 Å². The van der Waals surface area contributed by atoms with Crippen LogP contribution in [-0.4, -0.2) is 77.9 Å². The van der Waals surface area contributed by atoms with Crippen molar-refractivity contribution in [3.05, 3.63) is 55.6 Å². The number of ether oxygens (including phenoxy) is 2. The Labute approximate surface area is 228 Å². The highest BCUT2D eigenvalue weighted by atomic mass is 32.1. The summed E-state index contributed by atoms with van der Waals surface area (Å²) in [7, 11) is 0. The SMILES string of the molecule is O=C(CN1CCn2c(cc(C(F)(F)F)cc2=O)C1)NC1CN(C2CCOCC2)C[C@@H]1OC1CCc2ccsc21. The lowest BCUT2D eigenvalue weighted by molar-refractivity contribution is -0.138. The second-order valence-corrected chi connectivity index (χ2v) is 11.9. The average molecular weight is 567 g/mol. The van der Waals surface area contributed by atoms with Crippen LogP contribution >= 0.6 is 11.3 Å². The molecule has 0 saturated carbocycles. The Morgan fingerprint density at radius 3 is 2.77 bits per heavy atom. The summed E-state index contributed by atoms with van der Waals surface area (Å²) in [6.07, 6.45) is -0.832. The highest BCUT2D eigenvalue weighted by molar-refractivity contribution is 7.10. The first-order chi connectivity index (χ1) is 18.7. The average Bonchev–Trinajstić information content (AvgIpc) is 3.62. The first-order valence-corrected chi connectivity index (χ1v) is 14.5. The van der Waals surface area contributed by atoms with E-state index in [0.29, 0.717) is 25.2 Å². The summed E-state index contributed by atoms with van der Waals surface area (Å²) in [6.45, 7) is 3.72. The summed E-state index contributed by atoms with van der Waals surface area (Å²) >= 11 is 1.72. The van der Waals surface area contributed by atoms with E-state index in [2.05, 4.69) is 21.7 Å². The summed E-state index contributed by atoms with van der Waals surface area (Å²) in [5, 5.41) is 5.29. The molecule has 2 aromatic heterocycles. The summed E-state index contributed by atoms with van der Waals surface area (Å²) in [6, 6.07) is 4.03. The number of carbonyl (C=O) groups excluding carboxylic acids is 1. The maximum atomic E-state index is 13.2. The van der Waals surface area contributed by atoms with Crippen LogP contribution in [0.4, 0.5) is 13.2 Å². The van der Waals surface area contributed by atoms with Crippen LogP contribution in [0.3, 0.4) is 0 Å². The summed E-state index contributed by atoms with van der Waals surface area (Å²) in [5.41, 5.74) is 0.00608. The summed E-state index contributed by atoms with van der Waals surface area (Å²) in [5.74, 6) is -0.187. The monoisotopic (exact) mass is 566 g/mol. The van der Waals surface area contributed by atoms with Crippen molar-refractivity contribution in [2.24, 2.45) is 0 Å². The third kappa shape index (κ3) is 5.81. The van der Waals surface area contributed by atoms with Crippen molar-refractivity contribution in [2.75, 3.05) is 39.4 Å². The Hall–Kier alpha value is -2.25. The van der Waals surface area contributed by atoms with Crippen LogP contribution < -0.4 is 10.9 Å². The molecule has 3 atom stereocenters. The maximum Gasteiger partial charge on any atom is 0.416 e. The van der Waals surface area contributed by atoms with Crippen LogP contribution in [0, 0.1) is 0 Å². The van der Waals surface area contributed by atoms with Crippen LogP contribution in [0.25, 0.3) is 0 Å². The van der Waals surface area contributed by atoms with Gasteiger partial charge in [0.05, 0.1) is 30.4 Å². The zero-order valence-corrected chi connectivity index (χ0v) is 22.4. The molecular weight excluding hydrogens is 533 g/mol. The van der Waals surface area contributed by atoms with Gasteiger partial charge in [0, 0.05) is 68.6 Å². The minimum absolute atomic E-state index is 0.0405. The van der Waals surface area contributed by atoms with E-state index in [1.54, 1.807) is 16.2 Å². The molecule has 0 radical (unpaired) electrons. The van der Waals surface area contributed by atoms with E-state index in [0.717, 1.165) is 51.5 Å². The van der Waals surface area contributed by atoms with Crippen LogP contribution in [0.5, 0.6) is 0 Å². The molecule has 0 aromatic carbocycles. The lowest BCUT2D eigenvalue weighted by Crippen LogP contribution is -2.49. The van der Waals surface area contributed by atoms with Gasteiger partial charge in [-0.2, -0.15) is 13.2 Å². The molecule has 6 rings (SSSR count). The third-order valence-corrected chi connectivity index (χ3v) is 9.42. The Kier molecular flexibility index (Phi) is 7.58. The second kappa shape index (κ2) is 11.0. The molecule has 5 heterocycles. The van der Waals surface area contributed by atoms with Gasteiger partial charge >= 0.3 is 6.18 Å². The molecule has 0 spiro atoms. The lowest BCUT2D eigenvalue weighted by atomic mass is 10.1. The van der Waals surface area contributed by atoms with Crippen molar-refractivity contribution in [1.82, 2.24) is 19.7 Å². The van der Waals surface area contributed by atoms with Gasteiger partial charge in [0.2, 0.25) is 5.91 Å². The molecule has 2 saturated heterocycles. The van der Waals surface area contributed by atoms with Crippen molar-refractivity contribution >= 4 is 17.2 Å². The molecule has 2 unspecified atom stereocenters. The standard InChI is InChI=1S/C27H33F3N4O4S/c28-27(29,30)18-11-20-13-32(6-7-34(20)25(36)12-18)16-24(35)31-21-14-33(19-3-8-37-9-4-19)15-23(21)38-22-2-1-17-5-10-39-26(17)22/h5,10-12,19,21-23H,1-4,6-9,13-16H2,(H,31,35)/t21?,22?,23-/m0/s1. The van der Waals surface area contributed by atoms with E-state index in [-0.39, 0.29) is 49.5 Å². The van der Waals surface area contributed by atoms with Crippen LogP contribution in [0.15, 0.2) is 28.4 Å². The number of amides is 1. The Bertz CT molecular complexity index is 1260. The fraction of sp³-hybridized carbons (Fsp3) is 0.630. The number of fused-ring (bicyclic) bond motifs is 2. The van der Waals surface area contributed by atoms with E-state index in [4.69, 9.17) is 9.47 Å². The van der Waals surface area contributed by atoms with E-state index < -0.39 is 17.3 Å². The lowest BCUT2D eigenvalue weighted by Gasteiger charge is -2.31. The predicted octanol–water partition coefficient (Wildman–Crippen LogP) is 2.80. The second-order valence-electron chi connectivity index (χ2n) is 10.9. The number of halogens is 3. The van der Waals surface area contributed by atoms with Gasteiger partial charge in [0.1, 0.15) is 0 Å². The highest BCUT2D eigenvalue weighted by Crippen LogP contribution is 2.39. The number of hydrogen-bond donors (Lipinski definition) is 1. The van der Waals surface area contributed by atoms with Gasteiger partial charge in [-0.1, -0.05) is 0 Å². The number of aromatic nitrogens is 1. The number of nitrogens with zero attached hydrogens (tertiary/aromatic N) is 3. The van der Waals surface area contributed by atoms with E-state index in [1.807, 2.05) is 0 Å². The number of likely N-dealkylation sites (tertiary alicyclic amines) is 1. The van der Waals surface area contributed by atoms with Gasteiger partial charge in [0.15, 0.2) is 0 Å². The minimum atomic E-state index is -4.59. The fourth-order valence-electron chi connectivity index (χ4n) is 6.36. The molecular formula is C27H33F3N4O4S. The van der Waals surface area contributed by atoms with Crippen LogP contribution in [-0.2, 0) is 40.0 Å². The zero-order valence-electron chi connectivity index (χ0n) is 21.6. The smallest absolute Gasteiger partial charge is 0.381 e. The molecule has 2 aromatic rings. The molecule has 1 aliphatic carbocycles. The molecule has 2 fully saturated rings. The summed E-state index contributed by atoms with van der Waals surface area (Å²) in [4.78, 5) is 30.9. The van der Waals surface area contributed by atoms with Crippen LogP contribution in [0.1, 0.15) is 47.1 Å². The maximum absolute atomic E-state index is 13.2. The normalized spacial score (nSPS) is 26.5. The van der Waals surface area contributed by atoms with Crippen molar-refractivity contribution in [3.8, 4) is 0 Å². The number of thiophene rings is 1. The molecule has 1 N–H and O–H groups in total. The molecule has 12 heteroatoms. The fourth-order valence-corrected chi connectivity index (χ4v) is 7.39. The minimum Gasteiger partial charge on any atom is -0.381 e. The molecule has 1 amide bonds. The van der Waals surface area contributed by atoms with E-state index in [9.17, 15) is 22.8 Å². The molecule has 0 bridgehead atoms. The van der Waals surface area contributed by atoms with Gasteiger partial charge < -0.3 is 19.4 Å². The molecule has 8 nitrogen and oxygen atoms in total. The molecule has 39 heavy (non-hydrogen) atoms. The van der Waals surface area contributed by atoms with Crippen molar-refractivity contribution < 1.29 is 27.4 Å². The number of nitrogens with one attached hydrogen (secondary N) is 1. The number of carbonyl (C=O) groups is 1. The zero-order chi connectivity index (χ0) is 27.1. The number of alkyl halides is 3. The van der Waals surface area contributed by atoms with Crippen molar-refractivity contribution in [2.45, 2.75) is 69.2 Å². The van der Waals surface area contributed by atoms with Gasteiger partial charge in [-0.3, -0.25) is 19.4 Å². The van der Waals surface area contributed by atoms with Crippen molar-refractivity contribution in [1.29, 1.82) is 0 Å².